The molecule has 1 N–H and O–H groups in total. The lowest BCUT2D eigenvalue weighted by Crippen LogP contribution is -2.43. The average molecular weight is 266 g/mol. The van der Waals surface area contributed by atoms with Crippen LogP contribution in [-0.4, -0.2) is 19.5 Å². The van der Waals surface area contributed by atoms with E-state index in [1.807, 2.05) is 30.3 Å². The monoisotopic (exact) mass is 266 g/mol. The van der Waals surface area contributed by atoms with Crippen LogP contribution >= 0.6 is 0 Å². The van der Waals surface area contributed by atoms with Crippen molar-refractivity contribution < 1.29 is 9.53 Å². The van der Waals surface area contributed by atoms with Crippen LogP contribution in [0.3, 0.4) is 0 Å². The summed E-state index contributed by atoms with van der Waals surface area (Å²) in [6.07, 6.45) is -0.728. The molecule has 2 atom stereocenters. The largest absolute Gasteiger partial charge is 0.407 e. The van der Waals surface area contributed by atoms with Crippen LogP contribution in [0.2, 0.25) is 18.1 Å². The zero-order valence-electron chi connectivity index (χ0n) is 12.4. The molecule has 0 aliphatic rings. The van der Waals surface area contributed by atoms with Gasteiger partial charge < -0.3 is 9.53 Å². The summed E-state index contributed by atoms with van der Waals surface area (Å²) in [4.78, 5) is 0. The highest BCUT2D eigenvalue weighted by molar-refractivity contribution is 6.74. The van der Waals surface area contributed by atoms with Crippen LogP contribution in [0, 0.1) is 0 Å². The maximum Gasteiger partial charge on any atom is 0.193 e. The minimum absolute atomic E-state index is 0.148. The molecular weight excluding hydrogens is 240 g/mol. The van der Waals surface area contributed by atoms with E-state index < -0.39 is 14.4 Å². The molecule has 0 fully saturated rings. The Morgan fingerprint density at radius 3 is 2.00 bits per heavy atom. The highest BCUT2D eigenvalue weighted by Gasteiger charge is 2.40. The Hall–Kier alpha value is -0.643. The first-order valence-corrected chi connectivity index (χ1v) is 9.47. The fraction of sp³-hybridized carbons (Fsp3) is 0.600. The highest BCUT2D eigenvalue weighted by Crippen LogP contribution is 2.40. The second-order valence-corrected chi connectivity index (χ2v) is 11.2. The van der Waals surface area contributed by atoms with Crippen molar-refractivity contribution in [2.75, 3.05) is 0 Å². The number of benzene rings is 1. The maximum atomic E-state index is 9.99. The molecule has 1 aromatic rings. The van der Waals surface area contributed by atoms with Gasteiger partial charge in [0.1, 0.15) is 0 Å². The van der Waals surface area contributed by atoms with E-state index in [4.69, 9.17) is 4.43 Å². The van der Waals surface area contributed by atoms with E-state index in [9.17, 15) is 5.11 Å². The lowest BCUT2D eigenvalue weighted by molar-refractivity contribution is 0.0385. The molecule has 0 saturated carbocycles. The van der Waals surface area contributed by atoms with Crippen molar-refractivity contribution in [3.8, 4) is 0 Å². The van der Waals surface area contributed by atoms with Crippen LogP contribution < -0.4 is 0 Å². The fourth-order valence-corrected chi connectivity index (χ4v) is 2.90. The van der Waals surface area contributed by atoms with Gasteiger partial charge in [-0.3, -0.25) is 0 Å². The smallest absolute Gasteiger partial charge is 0.193 e. The molecule has 0 spiro atoms. The molecule has 1 aromatic carbocycles. The highest BCUT2D eigenvalue weighted by atomic mass is 28.4. The summed E-state index contributed by atoms with van der Waals surface area (Å²) in [6, 6.07) is 9.99. The van der Waals surface area contributed by atoms with E-state index in [0.717, 1.165) is 5.56 Å². The van der Waals surface area contributed by atoms with Gasteiger partial charge in [-0.25, -0.2) is 0 Å². The van der Waals surface area contributed by atoms with Gasteiger partial charge in [0, 0.05) is 0 Å². The third-order valence-electron chi connectivity index (χ3n) is 3.79. The van der Waals surface area contributed by atoms with Gasteiger partial charge in [-0.1, -0.05) is 51.1 Å². The zero-order chi connectivity index (χ0) is 14.0. The Labute approximate surface area is 112 Å². The van der Waals surface area contributed by atoms with Crippen molar-refractivity contribution in [2.24, 2.45) is 0 Å². The van der Waals surface area contributed by atoms with E-state index in [0.29, 0.717) is 0 Å². The molecule has 0 amide bonds. The lowest BCUT2D eigenvalue weighted by Gasteiger charge is -2.40. The molecule has 102 valence electrons. The van der Waals surface area contributed by atoms with E-state index in [1.54, 1.807) is 6.92 Å². The van der Waals surface area contributed by atoms with Crippen molar-refractivity contribution >= 4 is 8.32 Å². The van der Waals surface area contributed by atoms with Crippen LogP contribution in [0.1, 0.15) is 39.4 Å². The second kappa shape index (κ2) is 5.55. The quantitative estimate of drug-likeness (QED) is 0.830. The van der Waals surface area contributed by atoms with E-state index in [1.165, 1.54) is 0 Å². The Bertz CT molecular complexity index is 366. The van der Waals surface area contributed by atoms with Crippen molar-refractivity contribution in [3.05, 3.63) is 35.9 Å². The van der Waals surface area contributed by atoms with Gasteiger partial charge in [0.2, 0.25) is 0 Å². The van der Waals surface area contributed by atoms with Crippen molar-refractivity contribution in [3.63, 3.8) is 0 Å². The second-order valence-electron chi connectivity index (χ2n) is 6.45. The van der Waals surface area contributed by atoms with Gasteiger partial charge in [-0.2, -0.15) is 0 Å². The van der Waals surface area contributed by atoms with Gasteiger partial charge in [-0.05, 0) is 30.6 Å². The topological polar surface area (TPSA) is 29.5 Å². The summed E-state index contributed by atoms with van der Waals surface area (Å²) >= 11 is 0. The SMILES string of the molecule is CC(O)C(O[Si](C)(C)C(C)(C)C)c1ccccc1. The van der Waals surface area contributed by atoms with Crippen LogP contribution in [0.25, 0.3) is 0 Å². The number of aliphatic hydroxyl groups excluding tert-OH is 1. The van der Waals surface area contributed by atoms with Gasteiger partial charge in [0.25, 0.3) is 0 Å². The maximum absolute atomic E-state index is 9.99. The summed E-state index contributed by atoms with van der Waals surface area (Å²) in [6.45, 7) is 12.9. The molecule has 0 aliphatic heterocycles. The summed E-state index contributed by atoms with van der Waals surface area (Å²) in [5.41, 5.74) is 1.05. The molecule has 2 nitrogen and oxygen atoms in total. The zero-order valence-corrected chi connectivity index (χ0v) is 13.4. The predicted molar refractivity (Wildman–Crippen MR) is 79.1 cm³/mol. The first-order valence-electron chi connectivity index (χ1n) is 6.56. The van der Waals surface area contributed by atoms with Crippen molar-refractivity contribution in [1.82, 2.24) is 0 Å². The predicted octanol–water partition coefficient (Wildman–Crippen LogP) is 4.13. The van der Waals surface area contributed by atoms with Crippen LogP contribution in [0.4, 0.5) is 0 Å². The molecule has 2 unspecified atom stereocenters. The first-order chi connectivity index (χ1) is 8.15. The Morgan fingerprint density at radius 2 is 1.61 bits per heavy atom. The Balaban J connectivity index is 2.96. The molecule has 0 aromatic heterocycles. The van der Waals surface area contributed by atoms with Gasteiger partial charge >= 0.3 is 0 Å². The average Bonchev–Trinajstić information content (AvgIpc) is 2.25. The van der Waals surface area contributed by atoms with Gasteiger partial charge in [0.15, 0.2) is 8.32 Å². The third kappa shape index (κ3) is 3.67. The standard InChI is InChI=1S/C15H26O2Si/c1-12(16)14(13-10-8-7-9-11-13)17-18(5,6)15(2,3)4/h7-12,14,16H,1-6H3. The molecule has 1 rings (SSSR count). The van der Waals surface area contributed by atoms with E-state index >= 15 is 0 Å². The summed E-state index contributed by atoms with van der Waals surface area (Å²) in [5, 5.41) is 10.1. The van der Waals surface area contributed by atoms with Crippen molar-refractivity contribution in [1.29, 1.82) is 0 Å². The summed E-state index contributed by atoms with van der Waals surface area (Å²) < 4.78 is 6.34. The number of rotatable bonds is 4. The van der Waals surface area contributed by atoms with Crippen LogP contribution in [0.15, 0.2) is 30.3 Å². The Kier molecular flexibility index (Phi) is 4.76. The molecule has 0 bridgehead atoms. The molecule has 0 aliphatic carbocycles. The first kappa shape index (κ1) is 15.4. The lowest BCUT2D eigenvalue weighted by atomic mass is 10.1. The fourth-order valence-electron chi connectivity index (χ4n) is 1.58. The number of hydrogen-bond donors (Lipinski definition) is 1. The van der Waals surface area contributed by atoms with Gasteiger partial charge in [0.05, 0.1) is 12.2 Å². The van der Waals surface area contributed by atoms with Crippen LogP contribution in [-0.2, 0) is 4.43 Å². The van der Waals surface area contributed by atoms with Crippen LogP contribution in [0.5, 0.6) is 0 Å². The van der Waals surface area contributed by atoms with E-state index in [-0.39, 0.29) is 11.1 Å². The number of hydrogen-bond acceptors (Lipinski definition) is 2. The Morgan fingerprint density at radius 1 is 1.11 bits per heavy atom. The minimum atomic E-state index is -1.87. The van der Waals surface area contributed by atoms with Crippen molar-refractivity contribution in [2.45, 2.75) is 58.0 Å². The molecule has 18 heavy (non-hydrogen) atoms. The normalized spacial score (nSPS) is 16.4. The summed E-state index contributed by atoms with van der Waals surface area (Å²) in [5.74, 6) is 0. The summed E-state index contributed by atoms with van der Waals surface area (Å²) in [7, 11) is -1.87. The molecule has 0 saturated heterocycles. The van der Waals surface area contributed by atoms with Gasteiger partial charge in [-0.15, -0.1) is 0 Å². The molecule has 3 heteroatoms. The molecule has 0 radical (unpaired) electrons. The minimum Gasteiger partial charge on any atom is -0.407 e. The van der Waals surface area contributed by atoms with E-state index in [2.05, 4.69) is 33.9 Å². The number of aliphatic hydroxyl groups is 1. The molecular formula is C15H26O2Si. The third-order valence-corrected chi connectivity index (χ3v) is 8.25. The molecule has 0 heterocycles.